The summed E-state index contributed by atoms with van der Waals surface area (Å²) < 4.78 is 5.88. The number of carbonyl (C=O) groups excluding carboxylic acids is 1. The highest BCUT2D eigenvalue weighted by atomic mass is 16.5. The molecule has 1 heterocycles. The molecule has 4 atom stereocenters. The molecule has 0 N–H and O–H groups in total. The number of fused-ring (bicyclic) bond motifs is 1. The molecule has 0 aromatic heterocycles. The van der Waals surface area contributed by atoms with E-state index in [9.17, 15) is 4.79 Å². The summed E-state index contributed by atoms with van der Waals surface area (Å²) in [5, 5.41) is 0. The van der Waals surface area contributed by atoms with E-state index in [-0.39, 0.29) is 5.92 Å². The van der Waals surface area contributed by atoms with Crippen molar-refractivity contribution in [3.8, 4) is 0 Å². The van der Waals surface area contributed by atoms with Gasteiger partial charge >= 0.3 is 0 Å². The van der Waals surface area contributed by atoms with Crippen molar-refractivity contribution in [2.24, 2.45) is 17.8 Å². The minimum Gasteiger partial charge on any atom is -0.375 e. The minimum absolute atomic E-state index is 0.287. The van der Waals surface area contributed by atoms with Crippen LogP contribution < -0.4 is 0 Å². The van der Waals surface area contributed by atoms with Crippen LogP contribution in [0.25, 0.3) is 0 Å². The highest BCUT2D eigenvalue weighted by Crippen LogP contribution is 2.35. The van der Waals surface area contributed by atoms with Gasteiger partial charge in [-0.05, 0) is 43.9 Å². The van der Waals surface area contributed by atoms with E-state index in [1.54, 1.807) is 0 Å². The molecule has 3 aliphatic rings. The van der Waals surface area contributed by atoms with Crippen LogP contribution in [0.1, 0.15) is 52.4 Å². The lowest BCUT2D eigenvalue weighted by Gasteiger charge is -2.41. The maximum atomic E-state index is 12.3. The average molecular weight is 279 g/mol. The zero-order valence-electron chi connectivity index (χ0n) is 13.0. The predicted molar refractivity (Wildman–Crippen MR) is 79.6 cm³/mol. The number of ether oxygens (including phenoxy) is 1. The van der Waals surface area contributed by atoms with Crippen LogP contribution in [0.4, 0.5) is 0 Å². The number of hydrogen-bond acceptors (Lipinski definition) is 3. The van der Waals surface area contributed by atoms with Gasteiger partial charge in [0.1, 0.15) is 5.78 Å². The van der Waals surface area contributed by atoms with Gasteiger partial charge in [-0.3, -0.25) is 9.69 Å². The van der Waals surface area contributed by atoms with Crippen LogP contribution in [-0.2, 0) is 9.53 Å². The van der Waals surface area contributed by atoms with E-state index in [4.69, 9.17) is 4.74 Å². The number of nitrogens with zero attached hydrogens (tertiary/aromatic N) is 1. The Hall–Kier alpha value is -0.410. The topological polar surface area (TPSA) is 29.5 Å². The van der Waals surface area contributed by atoms with Crippen LogP contribution in [-0.4, -0.2) is 42.5 Å². The van der Waals surface area contributed by atoms with Gasteiger partial charge in [0.2, 0.25) is 0 Å². The van der Waals surface area contributed by atoms with Gasteiger partial charge in [0.25, 0.3) is 0 Å². The summed E-state index contributed by atoms with van der Waals surface area (Å²) in [6, 6.07) is 0.593. The van der Waals surface area contributed by atoms with Crippen molar-refractivity contribution in [1.82, 2.24) is 4.90 Å². The molecule has 0 bridgehead atoms. The molecule has 0 aromatic rings. The molecular formula is C17H29NO2. The first-order chi connectivity index (χ1) is 9.65. The molecule has 3 nitrogen and oxygen atoms in total. The summed E-state index contributed by atoms with van der Waals surface area (Å²) >= 11 is 0. The Balaban J connectivity index is 1.62. The van der Waals surface area contributed by atoms with Crippen molar-refractivity contribution in [1.29, 1.82) is 0 Å². The van der Waals surface area contributed by atoms with Gasteiger partial charge in [0.05, 0.1) is 12.7 Å². The van der Waals surface area contributed by atoms with Crippen molar-refractivity contribution in [2.75, 3.05) is 19.7 Å². The fourth-order valence-electron chi connectivity index (χ4n) is 4.44. The Labute approximate surface area is 123 Å². The van der Waals surface area contributed by atoms with Gasteiger partial charge in [0, 0.05) is 31.5 Å². The first-order valence-electron chi connectivity index (χ1n) is 8.53. The third-order valence-corrected chi connectivity index (χ3v) is 5.80. The first kappa shape index (κ1) is 14.5. The summed E-state index contributed by atoms with van der Waals surface area (Å²) in [5.74, 6) is 2.27. The predicted octanol–water partition coefficient (Wildman–Crippen LogP) is 2.88. The van der Waals surface area contributed by atoms with Crippen LogP contribution in [0.3, 0.4) is 0 Å². The Morgan fingerprint density at radius 3 is 2.95 bits per heavy atom. The number of Topliss-reactive ketones (excluding diaryl/α,β-unsaturated/α-hetero) is 1. The standard InChI is InChI=1S/C17H29NO2/c1-12(2)13-6-7-16(19)14(10-13)11-18-8-9-20-17-5-3-4-15(17)18/h12-15,17H,3-11H2,1-2H3. The largest absolute Gasteiger partial charge is 0.375 e. The van der Waals surface area contributed by atoms with E-state index in [0.29, 0.717) is 17.9 Å². The molecule has 3 fully saturated rings. The van der Waals surface area contributed by atoms with Gasteiger partial charge in [-0.25, -0.2) is 0 Å². The second-order valence-electron chi connectivity index (χ2n) is 7.34. The zero-order valence-corrected chi connectivity index (χ0v) is 13.0. The Morgan fingerprint density at radius 2 is 2.15 bits per heavy atom. The molecule has 20 heavy (non-hydrogen) atoms. The third kappa shape index (κ3) is 2.94. The van der Waals surface area contributed by atoms with Crippen molar-refractivity contribution in [3.05, 3.63) is 0 Å². The van der Waals surface area contributed by atoms with E-state index in [1.807, 2.05) is 0 Å². The van der Waals surface area contributed by atoms with Crippen LogP contribution in [0, 0.1) is 17.8 Å². The third-order valence-electron chi connectivity index (χ3n) is 5.80. The maximum Gasteiger partial charge on any atom is 0.137 e. The monoisotopic (exact) mass is 279 g/mol. The summed E-state index contributed by atoms with van der Waals surface area (Å²) in [6.45, 7) is 7.48. The van der Waals surface area contributed by atoms with Gasteiger partial charge in [-0.15, -0.1) is 0 Å². The highest BCUT2D eigenvalue weighted by Gasteiger charge is 2.39. The summed E-state index contributed by atoms with van der Waals surface area (Å²) in [5.41, 5.74) is 0. The van der Waals surface area contributed by atoms with Crippen molar-refractivity contribution < 1.29 is 9.53 Å². The molecule has 2 saturated carbocycles. The molecule has 1 aliphatic heterocycles. The quantitative estimate of drug-likeness (QED) is 0.795. The van der Waals surface area contributed by atoms with E-state index in [0.717, 1.165) is 50.8 Å². The number of ketones is 1. The molecule has 0 radical (unpaired) electrons. The molecule has 0 amide bonds. The second kappa shape index (κ2) is 6.15. The lowest BCUT2D eigenvalue weighted by atomic mass is 9.75. The van der Waals surface area contributed by atoms with Crippen molar-refractivity contribution in [2.45, 2.75) is 64.5 Å². The van der Waals surface area contributed by atoms with E-state index in [2.05, 4.69) is 18.7 Å². The molecule has 114 valence electrons. The molecule has 0 aromatic carbocycles. The van der Waals surface area contributed by atoms with Crippen LogP contribution in [0.2, 0.25) is 0 Å². The summed E-state index contributed by atoms with van der Waals surface area (Å²) in [4.78, 5) is 14.8. The molecule has 1 saturated heterocycles. The van der Waals surface area contributed by atoms with Gasteiger partial charge in [0.15, 0.2) is 0 Å². The van der Waals surface area contributed by atoms with E-state index < -0.39 is 0 Å². The maximum absolute atomic E-state index is 12.3. The average Bonchev–Trinajstić information content (AvgIpc) is 2.90. The van der Waals surface area contributed by atoms with Gasteiger partial charge < -0.3 is 4.74 Å². The van der Waals surface area contributed by atoms with Crippen molar-refractivity contribution >= 4 is 5.78 Å². The highest BCUT2D eigenvalue weighted by molar-refractivity contribution is 5.82. The second-order valence-corrected chi connectivity index (χ2v) is 7.34. The Bertz CT molecular complexity index is 355. The number of rotatable bonds is 3. The van der Waals surface area contributed by atoms with Gasteiger partial charge in [-0.1, -0.05) is 13.8 Å². The normalized spacial score (nSPS) is 39.2. The first-order valence-corrected chi connectivity index (χ1v) is 8.53. The fourth-order valence-corrected chi connectivity index (χ4v) is 4.44. The molecule has 4 unspecified atom stereocenters. The minimum atomic E-state index is 0.287. The number of morpholine rings is 1. The lowest BCUT2D eigenvalue weighted by Crippen LogP contribution is -2.51. The number of carbonyl (C=O) groups is 1. The smallest absolute Gasteiger partial charge is 0.137 e. The van der Waals surface area contributed by atoms with Crippen LogP contribution >= 0.6 is 0 Å². The fraction of sp³-hybridized carbons (Fsp3) is 0.941. The molecule has 3 rings (SSSR count). The number of hydrogen-bond donors (Lipinski definition) is 0. The summed E-state index contributed by atoms with van der Waals surface area (Å²) in [7, 11) is 0. The van der Waals surface area contributed by atoms with Gasteiger partial charge in [-0.2, -0.15) is 0 Å². The molecule has 3 heteroatoms. The molecule has 0 spiro atoms. The lowest BCUT2D eigenvalue weighted by molar-refractivity contribution is -0.128. The SMILES string of the molecule is CC(C)C1CCC(=O)C(CN2CCOC3CCCC32)C1. The zero-order chi connectivity index (χ0) is 14.1. The van der Waals surface area contributed by atoms with Crippen molar-refractivity contribution in [3.63, 3.8) is 0 Å². The summed E-state index contributed by atoms with van der Waals surface area (Å²) in [6.07, 6.45) is 7.26. The molecule has 2 aliphatic carbocycles. The Kier molecular flexibility index (Phi) is 4.46. The van der Waals surface area contributed by atoms with E-state index >= 15 is 0 Å². The van der Waals surface area contributed by atoms with Crippen LogP contribution in [0.5, 0.6) is 0 Å². The molecular weight excluding hydrogens is 250 g/mol. The Morgan fingerprint density at radius 1 is 1.30 bits per heavy atom. The van der Waals surface area contributed by atoms with Crippen LogP contribution in [0.15, 0.2) is 0 Å². The van der Waals surface area contributed by atoms with E-state index in [1.165, 1.54) is 19.3 Å².